The number of aliphatic hydroxyl groups excluding tert-OH is 1. The standard InChI is InChI=1S/C42H30N2O2S2/c45-38-32(28-15-5-1-6-16-28)27-48(31-21-11-4-12-22-31)42(38)36-26-14-24-34(44-36)33-23-13-25-35(43-33)37-39(46)41(30-19-9-3-10-20-30)47-40(37)29-17-7-2-8-18-29/h1-26,45-46H,27H2. The molecule has 1 unspecified atom stereocenters. The number of pyridine rings is 2. The zero-order chi connectivity index (χ0) is 32.5. The van der Waals surface area contributed by atoms with Crippen LogP contribution in [0.15, 0.2) is 168 Å². The Morgan fingerprint density at radius 3 is 1.56 bits per heavy atom. The quantitative estimate of drug-likeness (QED) is 0.167. The van der Waals surface area contributed by atoms with E-state index in [-0.39, 0.29) is 5.75 Å². The highest BCUT2D eigenvalue weighted by Gasteiger charge is 2.28. The van der Waals surface area contributed by atoms with E-state index in [0.717, 1.165) is 47.5 Å². The maximum Gasteiger partial charge on any atom is 0.144 e. The number of aromatic nitrogens is 2. The van der Waals surface area contributed by atoms with E-state index < -0.39 is 10.5 Å². The topological polar surface area (TPSA) is 66.2 Å². The zero-order valence-corrected chi connectivity index (χ0v) is 27.5. The van der Waals surface area contributed by atoms with Gasteiger partial charge in [0.1, 0.15) is 11.5 Å². The number of hydrogen-bond acceptors (Lipinski definition) is 5. The van der Waals surface area contributed by atoms with Crippen LogP contribution in [0.5, 0.6) is 5.75 Å². The Balaban J connectivity index is 1.25. The van der Waals surface area contributed by atoms with E-state index in [0.29, 0.717) is 34.2 Å². The molecule has 0 radical (unpaired) electrons. The van der Waals surface area contributed by atoms with Gasteiger partial charge in [-0.2, -0.15) is 0 Å². The van der Waals surface area contributed by atoms with Gasteiger partial charge in [-0.05, 0) is 53.1 Å². The van der Waals surface area contributed by atoms with E-state index in [1.54, 1.807) is 11.3 Å². The lowest BCUT2D eigenvalue weighted by molar-refractivity contribution is 0.448. The fourth-order valence-corrected chi connectivity index (χ4v) is 9.65. The van der Waals surface area contributed by atoms with E-state index in [2.05, 4.69) is 24.3 Å². The van der Waals surface area contributed by atoms with E-state index in [1.807, 2.05) is 133 Å². The molecule has 7 aromatic rings. The summed E-state index contributed by atoms with van der Waals surface area (Å²) in [4.78, 5) is 14.0. The van der Waals surface area contributed by atoms with Gasteiger partial charge in [-0.1, -0.05) is 121 Å². The van der Waals surface area contributed by atoms with Crippen LogP contribution in [0.2, 0.25) is 0 Å². The molecule has 48 heavy (non-hydrogen) atoms. The van der Waals surface area contributed by atoms with Crippen LogP contribution in [-0.2, 0) is 0 Å². The van der Waals surface area contributed by atoms with Crippen molar-refractivity contribution in [1.29, 1.82) is 0 Å². The van der Waals surface area contributed by atoms with Crippen LogP contribution in [0.1, 0.15) is 11.3 Å². The Bertz CT molecular complexity index is 2310. The Hall–Kier alpha value is -5.56. The van der Waals surface area contributed by atoms with Crippen LogP contribution in [0, 0.1) is 0 Å². The predicted molar refractivity (Wildman–Crippen MR) is 201 cm³/mol. The molecule has 1 aliphatic heterocycles. The van der Waals surface area contributed by atoms with Gasteiger partial charge in [-0.3, -0.25) is 0 Å². The van der Waals surface area contributed by atoms with Gasteiger partial charge >= 0.3 is 0 Å². The van der Waals surface area contributed by atoms with Crippen LogP contribution < -0.4 is 0 Å². The lowest BCUT2D eigenvalue weighted by atomic mass is 10.0. The third-order valence-electron chi connectivity index (χ3n) is 8.39. The molecule has 8 rings (SSSR count). The number of aliphatic hydroxyl groups is 1. The second kappa shape index (κ2) is 12.9. The third kappa shape index (κ3) is 5.55. The Labute approximate surface area is 286 Å². The van der Waals surface area contributed by atoms with Crippen molar-refractivity contribution in [2.45, 2.75) is 4.90 Å². The van der Waals surface area contributed by atoms with Crippen molar-refractivity contribution in [2.24, 2.45) is 0 Å². The molecule has 0 fully saturated rings. The summed E-state index contributed by atoms with van der Waals surface area (Å²) in [5, 5.41) is 23.5. The van der Waals surface area contributed by atoms with Crippen LogP contribution in [0.4, 0.5) is 0 Å². The van der Waals surface area contributed by atoms with Gasteiger partial charge in [-0.25, -0.2) is 9.97 Å². The fourth-order valence-electron chi connectivity index (χ4n) is 6.09. The molecule has 0 saturated carbocycles. The molecule has 6 heteroatoms. The van der Waals surface area contributed by atoms with Crippen LogP contribution >= 0.6 is 21.8 Å². The van der Waals surface area contributed by atoms with Crippen LogP contribution in [-0.4, -0.2) is 30.8 Å². The first-order valence-electron chi connectivity index (χ1n) is 15.7. The summed E-state index contributed by atoms with van der Waals surface area (Å²) in [6, 6.07) is 52.3. The first-order valence-corrected chi connectivity index (χ1v) is 17.9. The third-order valence-corrected chi connectivity index (χ3v) is 12.0. The second-order valence-electron chi connectivity index (χ2n) is 11.4. The molecule has 0 aliphatic carbocycles. The van der Waals surface area contributed by atoms with Crippen molar-refractivity contribution < 1.29 is 10.2 Å². The summed E-state index contributed by atoms with van der Waals surface area (Å²) in [5.41, 5.74) is 7.40. The number of rotatable bonds is 7. The van der Waals surface area contributed by atoms with Gasteiger partial charge in [0.2, 0.25) is 0 Å². The maximum atomic E-state index is 11.8. The highest BCUT2D eigenvalue weighted by molar-refractivity contribution is 8.17. The molecule has 0 saturated heterocycles. The van der Waals surface area contributed by atoms with Crippen LogP contribution in [0.25, 0.3) is 49.1 Å². The average molecular weight is 659 g/mol. The summed E-state index contributed by atoms with van der Waals surface area (Å²) in [5.74, 6) is 1.22. The molecule has 1 aliphatic rings. The zero-order valence-electron chi connectivity index (χ0n) is 25.8. The lowest BCUT2D eigenvalue weighted by Gasteiger charge is -2.12. The molecule has 4 heterocycles. The lowest BCUT2D eigenvalue weighted by Crippen LogP contribution is -2.06. The highest BCUT2D eigenvalue weighted by Crippen LogP contribution is 2.51. The Morgan fingerprint density at radius 1 is 0.479 bits per heavy atom. The average Bonchev–Trinajstić information content (AvgIpc) is 3.70. The molecular formula is C42H30N2O2S2. The van der Waals surface area contributed by atoms with Crippen molar-refractivity contribution in [2.75, 3.05) is 5.75 Å². The molecule has 2 N–H and O–H groups in total. The molecule has 3 aromatic heterocycles. The van der Waals surface area contributed by atoms with Gasteiger partial charge in [0.25, 0.3) is 0 Å². The number of hydrogen-bond donors (Lipinski definition) is 2. The molecule has 4 nitrogen and oxygen atoms in total. The van der Waals surface area contributed by atoms with Crippen molar-refractivity contribution >= 4 is 32.3 Å². The fraction of sp³-hybridized carbons (Fsp3) is 0.0238. The predicted octanol–water partition coefficient (Wildman–Crippen LogP) is 10.7. The molecule has 1 atom stereocenters. The normalized spacial score (nSPS) is 14.4. The largest absolute Gasteiger partial charge is 0.506 e. The molecule has 232 valence electrons. The molecule has 0 spiro atoms. The Morgan fingerprint density at radius 2 is 0.958 bits per heavy atom. The van der Waals surface area contributed by atoms with Gasteiger partial charge in [0, 0.05) is 21.1 Å². The van der Waals surface area contributed by atoms with E-state index in [1.165, 1.54) is 0 Å². The highest BCUT2D eigenvalue weighted by atomic mass is 32.2. The summed E-state index contributed by atoms with van der Waals surface area (Å²) in [6.45, 7) is 0. The number of aromatic hydroxyl groups is 1. The molecule has 0 amide bonds. The molecule has 4 aromatic carbocycles. The summed E-state index contributed by atoms with van der Waals surface area (Å²) in [7, 11) is -0.404. The number of nitrogens with zero attached hydrogens (tertiary/aromatic N) is 2. The molecule has 0 bridgehead atoms. The van der Waals surface area contributed by atoms with Crippen molar-refractivity contribution in [1.82, 2.24) is 9.97 Å². The van der Waals surface area contributed by atoms with E-state index in [4.69, 9.17) is 9.97 Å². The van der Waals surface area contributed by atoms with Crippen molar-refractivity contribution in [3.63, 3.8) is 0 Å². The minimum Gasteiger partial charge on any atom is -0.506 e. The van der Waals surface area contributed by atoms with Gasteiger partial charge in [0.05, 0.1) is 38.1 Å². The summed E-state index contributed by atoms with van der Waals surface area (Å²) in [6.07, 6.45) is 0. The monoisotopic (exact) mass is 658 g/mol. The minimum atomic E-state index is -0.404. The molecular weight excluding hydrogens is 629 g/mol. The number of allylic oxidation sites excluding steroid dienone is 1. The first-order chi connectivity index (χ1) is 23.7. The van der Waals surface area contributed by atoms with Crippen LogP contribution in [0.3, 0.4) is 0 Å². The number of benzene rings is 4. The minimum absolute atomic E-state index is 0.216. The van der Waals surface area contributed by atoms with Gasteiger partial charge in [0.15, 0.2) is 0 Å². The maximum absolute atomic E-state index is 11.8. The summed E-state index contributed by atoms with van der Waals surface area (Å²) < 4.78 is 0. The van der Waals surface area contributed by atoms with E-state index >= 15 is 0 Å². The SMILES string of the molecule is OC1=C(c2ccccc2)CS(c2ccccc2)=C1c1cccc(-c2cccc(-c3c(-c4ccccc4)sc(-c4ccccc4)c3O)n2)n1. The summed E-state index contributed by atoms with van der Waals surface area (Å²) >= 11 is 1.56. The van der Waals surface area contributed by atoms with Crippen molar-refractivity contribution in [3.05, 3.63) is 175 Å². The smallest absolute Gasteiger partial charge is 0.144 e. The van der Waals surface area contributed by atoms with Crippen molar-refractivity contribution in [3.8, 4) is 49.3 Å². The van der Waals surface area contributed by atoms with Gasteiger partial charge < -0.3 is 10.2 Å². The van der Waals surface area contributed by atoms with E-state index in [9.17, 15) is 10.2 Å². The Kier molecular flexibility index (Phi) is 8.02. The van der Waals surface area contributed by atoms with Gasteiger partial charge in [-0.15, -0.1) is 21.8 Å². The first kappa shape index (κ1) is 29.8. The second-order valence-corrected chi connectivity index (χ2v) is 14.4. The number of thiophene rings is 1.